The van der Waals surface area contributed by atoms with Crippen LogP contribution in [0.25, 0.3) is 0 Å². The first kappa shape index (κ1) is 9.46. The van der Waals surface area contributed by atoms with Crippen molar-refractivity contribution in [1.29, 1.82) is 0 Å². The highest BCUT2D eigenvalue weighted by atomic mass is 16.1. The topological polar surface area (TPSA) is 44.9 Å². The third-order valence-corrected chi connectivity index (χ3v) is 2.91. The maximum absolute atomic E-state index is 11.1. The standard InChI is InChI=1S/C11H16N2O/c1-8-5-11(14)13-7-10(8)9-3-2-4-12-6-9/h5,7,9,12H,2-4,6H2,1H3,(H,13,14). The van der Waals surface area contributed by atoms with Gasteiger partial charge in [-0.15, -0.1) is 0 Å². The summed E-state index contributed by atoms with van der Waals surface area (Å²) >= 11 is 0. The second-order valence-electron chi connectivity index (χ2n) is 3.98. The van der Waals surface area contributed by atoms with Crippen LogP contribution in [0.4, 0.5) is 0 Å². The lowest BCUT2D eigenvalue weighted by Crippen LogP contribution is -2.29. The SMILES string of the molecule is Cc1cc(=O)[nH]cc1C1CCCNC1. The first-order valence-corrected chi connectivity index (χ1v) is 5.17. The van der Waals surface area contributed by atoms with Gasteiger partial charge in [-0.3, -0.25) is 4.79 Å². The Morgan fingerprint density at radius 3 is 3.00 bits per heavy atom. The molecule has 76 valence electrons. The third-order valence-electron chi connectivity index (χ3n) is 2.91. The summed E-state index contributed by atoms with van der Waals surface area (Å²) in [6.07, 6.45) is 4.32. The van der Waals surface area contributed by atoms with E-state index in [4.69, 9.17) is 0 Å². The summed E-state index contributed by atoms with van der Waals surface area (Å²) in [7, 11) is 0. The molecule has 2 N–H and O–H groups in total. The van der Waals surface area contributed by atoms with Gasteiger partial charge in [-0.2, -0.15) is 0 Å². The van der Waals surface area contributed by atoms with Crippen molar-refractivity contribution >= 4 is 0 Å². The van der Waals surface area contributed by atoms with Crippen LogP contribution in [0.2, 0.25) is 0 Å². The summed E-state index contributed by atoms with van der Waals surface area (Å²) < 4.78 is 0. The number of hydrogen-bond acceptors (Lipinski definition) is 2. The maximum atomic E-state index is 11.1. The van der Waals surface area contributed by atoms with E-state index in [-0.39, 0.29) is 5.56 Å². The van der Waals surface area contributed by atoms with Crippen LogP contribution in [0.1, 0.15) is 29.9 Å². The molecule has 2 heterocycles. The van der Waals surface area contributed by atoms with Crippen LogP contribution < -0.4 is 10.9 Å². The fraction of sp³-hybridized carbons (Fsp3) is 0.545. The predicted octanol–water partition coefficient (Wildman–Crippen LogP) is 1.15. The smallest absolute Gasteiger partial charge is 0.248 e. The van der Waals surface area contributed by atoms with Gasteiger partial charge in [-0.25, -0.2) is 0 Å². The zero-order valence-corrected chi connectivity index (χ0v) is 8.47. The molecule has 0 bridgehead atoms. The van der Waals surface area contributed by atoms with Crippen LogP contribution in [0, 0.1) is 6.92 Å². The zero-order valence-electron chi connectivity index (χ0n) is 8.47. The average molecular weight is 192 g/mol. The van der Waals surface area contributed by atoms with Crippen molar-refractivity contribution in [3.05, 3.63) is 33.7 Å². The Bertz CT molecular complexity index is 364. The summed E-state index contributed by atoms with van der Waals surface area (Å²) in [6, 6.07) is 1.68. The molecule has 2 rings (SSSR count). The van der Waals surface area contributed by atoms with E-state index in [1.165, 1.54) is 18.4 Å². The summed E-state index contributed by atoms with van der Waals surface area (Å²) in [4.78, 5) is 13.8. The van der Waals surface area contributed by atoms with Gasteiger partial charge in [0.1, 0.15) is 0 Å². The lowest BCUT2D eigenvalue weighted by atomic mass is 9.90. The van der Waals surface area contributed by atoms with E-state index in [1.54, 1.807) is 6.07 Å². The number of hydrogen-bond donors (Lipinski definition) is 2. The summed E-state index contributed by atoms with van der Waals surface area (Å²) in [5, 5.41) is 3.38. The Morgan fingerprint density at radius 2 is 2.36 bits per heavy atom. The monoisotopic (exact) mass is 192 g/mol. The molecule has 3 nitrogen and oxygen atoms in total. The molecule has 0 saturated carbocycles. The summed E-state index contributed by atoms with van der Waals surface area (Å²) in [5.41, 5.74) is 2.40. The normalized spacial score (nSPS) is 22.2. The zero-order chi connectivity index (χ0) is 9.97. The molecule has 1 aromatic heterocycles. The van der Waals surface area contributed by atoms with Gasteiger partial charge in [-0.05, 0) is 43.4 Å². The van der Waals surface area contributed by atoms with Crippen LogP contribution in [0.5, 0.6) is 0 Å². The van der Waals surface area contributed by atoms with E-state index < -0.39 is 0 Å². The van der Waals surface area contributed by atoms with Gasteiger partial charge in [0.15, 0.2) is 0 Å². The maximum Gasteiger partial charge on any atom is 0.248 e. The van der Waals surface area contributed by atoms with Gasteiger partial charge >= 0.3 is 0 Å². The molecule has 1 fully saturated rings. The number of aromatic amines is 1. The predicted molar refractivity (Wildman–Crippen MR) is 56.6 cm³/mol. The van der Waals surface area contributed by atoms with Gasteiger partial charge in [0.05, 0.1) is 0 Å². The summed E-state index contributed by atoms with van der Waals surface area (Å²) in [6.45, 7) is 4.17. The molecular weight excluding hydrogens is 176 g/mol. The van der Waals surface area contributed by atoms with E-state index in [2.05, 4.69) is 10.3 Å². The molecule has 1 atom stereocenters. The number of H-pyrrole nitrogens is 1. The van der Waals surface area contributed by atoms with Gasteiger partial charge in [0.2, 0.25) is 5.56 Å². The number of pyridine rings is 1. The van der Waals surface area contributed by atoms with Crippen LogP contribution in [0.3, 0.4) is 0 Å². The molecule has 3 heteroatoms. The fourth-order valence-corrected chi connectivity index (χ4v) is 2.14. The highest BCUT2D eigenvalue weighted by Gasteiger charge is 2.16. The quantitative estimate of drug-likeness (QED) is 0.701. The van der Waals surface area contributed by atoms with Crippen molar-refractivity contribution < 1.29 is 0 Å². The fourth-order valence-electron chi connectivity index (χ4n) is 2.14. The van der Waals surface area contributed by atoms with E-state index in [0.717, 1.165) is 18.7 Å². The molecule has 0 spiro atoms. The lowest BCUT2D eigenvalue weighted by molar-refractivity contribution is 0.459. The first-order chi connectivity index (χ1) is 6.77. The van der Waals surface area contributed by atoms with Gasteiger partial charge in [0.25, 0.3) is 0 Å². The Kier molecular flexibility index (Phi) is 2.68. The van der Waals surface area contributed by atoms with E-state index in [9.17, 15) is 4.79 Å². The number of piperidine rings is 1. The van der Waals surface area contributed by atoms with Crippen LogP contribution in [-0.2, 0) is 0 Å². The number of aryl methyl sites for hydroxylation is 1. The van der Waals surface area contributed by atoms with Crippen molar-refractivity contribution in [1.82, 2.24) is 10.3 Å². The van der Waals surface area contributed by atoms with E-state index in [0.29, 0.717) is 5.92 Å². The minimum atomic E-state index is -0.00461. The number of nitrogens with one attached hydrogen (secondary N) is 2. The molecule has 0 aliphatic carbocycles. The Balaban J connectivity index is 2.26. The minimum Gasteiger partial charge on any atom is -0.329 e. The molecule has 1 unspecified atom stereocenters. The molecule has 1 aliphatic rings. The second-order valence-corrected chi connectivity index (χ2v) is 3.98. The first-order valence-electron chi connectivity index (χ1n) is 5.17. The highest BCUT2D eigenvalue weighted by Crippen LogP contribution is 2.24. The number of aromatic nitrogens is 1. The Morgan fingerprint density at radius 1 is 1.50 bits per heavy atom. The van der Waals surface area contributed by atoms with Crippen LogP contribution in [0.15, 0.2) is 17.1 Å². The van der Waals surface area contributed by atoms with Crippen molar-refractivity contribution in [3.63, 3.8) is 0 Å². The van der Waals surface area contributed by atoms with Gasteiger partial charge < -0.3 is 10.3 Å². The van der Waals surface area contributed by atoms with Crippen molar-refractivity contribution in [2.75, 3.05) is 13.1 Å². The van der Waals surface area contributed by atoms with Crippen molar-refractivity contribution in [3.8, 4) is 0 Å². The Labute approximate surface area is 83.5 Å². The number of rotatable bonds is 1. The molecule has 1 aliphatic heterocycles. The van der Waals surface area contributed by atoms with Crippen molar-refractivity contribution in [2.24, 2.45) is 0 Å². The van der Waals surface area contributed by atoms with Gasteiger partial charge in [0, 0.05) is 18.8 Å². The van der Waals surface area contributed by atoms with E-state index >= 15 is 0 Å². The van der Waals surface area contributed by atoms with Gasteiger partial charge in [-0.1, -0.05) is 0 Å². The third kappa shape index (κ3) is 1.87. The Hall–Kier alpha value is -1.09. The van der Waals surface area contributed by atoms with Crippen LogP contribution >= 0.6 is 0 Å². The molecular formula is C11H16N2O. The lowest BCUT2D eigenvalue weighted by Gasteiger charge is -2.24. The molecule has 14 heavy (non-hydrogen) atoms. The molecule has 0 aromatic carbocycles. The average Bonchev–Trinajstić information content (AvgIpc) is 2.19. The second kappa shape index (κ2) is 3.96. The van der Waals surface area contributed by atoms with Crippen molar-refractivity contribution in [2.45, 2.75) is 25.7 Å². The van der Waals surface area contributed by atoms with Crippen LogP contribution in [-0.4, -0.2) is 18.1 Å². The minimum absolute atomic E-state index is 0.00461. The van der Waals surface area contributed by atoms with E-state index in [1.807, 2.05) is 13.1 Å². The highest BCUT2D eigenvalue weighted by molar-refractivity contribution is 5.26. The molecule has 1 aromatic rings. The molecule has 0 amide bonds. The molecule has 0 radical (unpaired) electrons. The molecule has 1 saturated heterocycles. The largest absolute Gasteiger partial charge is 0.329 e. The summed E-state index contributed by atoms with van der Waals surface area (Å²) in [5.74, 6) is 0.570.